The van der Waals surface area contributed by atoms with Gasteiger partial charge in [-0.05, 0) is 26.7 Å². The van der Waals surface area contributed by atoms with Crippen LogP contribution in [-0.2, 0) is 0 Å². The van der Waals surface area contributed by atoms with Crippen molar-refractivity contribution in [2.24, 2.45) is 0 Å². The quantitative estimate of drug-likeness (QED) is 0.725. The van der Waals surface area contributed by atoms with E-state index in [1.165, 1.54) is 12.8 Å². The maximum absolute atomic E-state index is 6.03. The third kappa shape index (κ3) is 2.23. The highest BCUT2D eigenvalue weighted by atomic mass is 35.5. The molecule has 0 saturated carbocycles. The summed E-state index contributed by atoms with van der Waals surface area (Å²) >= 11 is 6.03. The second kappa shape index (κ2) is 4.35. The molecule has 0 aromatic carbocycles. The van der Waals surface area contributed by atoms with E-state index in [2.05, 4.69) is 14.9 Å². The Morgan fingerprint density at radius 2 is 2.07 bits per heavy atom. The van der Waals surface area contributed by atoms with Crippen molar-refractivity contribution in [2.45, 2.75) is 32.1 Å². The molecule has 1 fully saturated rings. The summed E-state index contributed by atoms with van der Waals surface area (Å²) in [7, 11) is 0. The van der Waals surface area contributed by atoms with E-state index in [1.807, 2.05) is 20.0 Å². The lowest BCUT2D eigenvalue weighted by Crippen LogP contribution is -2.21. The van der Waals surface area contributed by atoms with Gasteiger partial charge in [0.05, 0.1) is 5.38 Å². The predicted molar refractivity (Wildman–Crippen MR) is 62.5 cm³/mol. The number of anilines is 1. The normalized spacial score (nSPS) is 18.2. The summed E-state index contributed by atoms with van der Waals surface area (Å²) in [6, 6.07) is 0. The third-order valence-electron chi connectivity index (χ3n) is 2.82. The fourth-order valence-electron chi connectivity index (χ4n) is 1.92. The Labute approximate surface area is 95.5 Å². The first-order valence-electron chi connectivity index (χ1n) is 5.41. The van der Waals surface area contributed by atoms with Crippen molar-refractivity contribution in [2.75, 3.05) is 18.0 Å². The molecule has 3 nitrogen and oxygen atoms in total. The number of hydrogen-bond acceptors (Lipinski definition) is 3. The van der Waals surface area contributed by atoms with Gasteiger partial charge in [0.25, 0.3) is 0 Å². The van der Waals surface area contributed by atoms with E-state index in [0.717, 1.165) is 30.3 Å². The lowest BCUT2D eigenvalue weighted by Gasteiger charge is -2.16. The molecule has 0 spiro atoms. The van der Waals surface area contributed by atoms with Crippen LogP contribution in [0, 0.1) is 6.92 Å². The highest BCUT2D eigenvalue weighted by Crippen LogP contribution is 2.23. The molecule has 1 aliphatic heterocycles. The Kier molecular flexibility index (Phi) is 3.10. The van der Waals surface area contributed by atoms with Crippen LogP contribution in [0.15, 0.2) is 6.20 Å². The number of aromatic nitrogens is 2. The van der Waals surface area contributed by atoms with E-state index < -0.39 is 0 Å². The van der Waals surface area contributed by atoms with E-state index in [4.69, 9.17) is 11.6 Å². The van der Waals surface area contributed by atoms with Crippen molar-refractivity contribution in [3.63, 3.8) is 0 Å². The van der Waals surface area contributed by atoms with Gasteiger partial charge in [-0.25, -0.2) is 9.97 Å². The summed E-state index contributed by atoms with van der Waals surface area (Å²) < 4.78 is 0. The minimum absolute atomic E-state index is 0.0161. The number of hydrogen-bond donors (Lipinski definition) is 0. The van der Waals surface area contributed by atoms with Crippen LogP contribution in [-0.4, -0.2) is 23.1 Å². The topological polar surface area (TPSA) is 29.0 Å². The monoisotopic (exact) mass is 225 g/mol. The minimum Gasteiger partial charge on any atom is -0.341 e. The Morgan fingerprint density at radius 3 is 2.60 bits per heavy atom. The Balaban J connectivity index is 2.24. The van der Waals surface area contributed by atoms with Gasteiger partial charge in [-0.1, -0.05) is 0 Å². The van der Waals surface area contributed by atoms with Crippen LogP contribution in [0.5, 0.6) is 0 Å². The first kappa shape index (κ1) is 10.7. The average Bonchev–Trinajstić information content (AvgIpc) is 2.69. The van der Waals surface area contributed by atoms with Gasteiger partial charge in [-0.3, -0.25) is 0 Å². The molecular formula is C11H16ClN3. The lowest BCUT2D eigenvalue weighted by atomic mass is 10.2. The molecule has 2 rings (SSSR count). The molecule has 1 aliphatic rings. The van der Waals surface area contributed by atoms with Crippen LogP contribution in [0.25, 0.3) is 0 Å². The highest BCUT2D eigenvalue weighted by molar-refractivity contribution is 6.20. The molecule has 1 aromatic rings. The van der Waals surface area contributed by atoms with E-state index >= 15 is 0 Å². The fraction of sp³-hybridized carbons (Fsp3) is 0.636. The van der Waals surface area contributed by atoms with Crippen molar-refractivity contribution >= 4 is 17.5 Å². The van der Waals surface area contributed by atoms with E-state index in [0.29, 0.717) is 0 Å². The van der Waals surface area contributed by atoms with Crippen LogP contribution >= 0.6 is 11.6 Å². The predicted octanol–water partition coefficient (Wildman–Crippen LogP) is 2.69. The van der Waals surface area contributed by atoms with Gasteiger partial charge in [0.15, 0.2) is 0 Å². The second-order valence-corrected chi connectivity index (χ2v) is 4.68. The summed E-state index contributed by atoms with van der Waals surface area (Å²) in [4.78, 5) is 11.1. The number of rotatable bonds is 2. The van der Waals surface area contributed by atoms with E-state index in [9.17, 15) is 0 Å². The summed E-state index contributed by atoms with van der Waals surface area (Å²) in [5.74, 6) is 0.853. The van der Waals surface area contributed by atoms with Crippen LogP contribution in [0.3, 0.4) is 0 Å². The molecule has 1 saturated heterocycles. The standard InChI is InChI=1S/C11H16ClN3/c1-8(12)10-7-13-11(14-9(10)2)15-5-3-4-6-15/h7-8H,3-6H2,1-2H3. The van der Waals surface area contributed by atoms with Crippen molar-refractivity contribution in [3.05, 3.63) is 17.5 Å². The van der Waals surface area contributed by atoms with Gasteiger partial charge >= 0.3 is 0 Å². The maximum Gasteiger partial charge on any atom is 0.225 e. The SMILES string of the molecule is Cc1nc(N2CCCC2)ncc1C(C)Cl. The summed E-state index contributed by atoms with van der Waals surface area (Å²) in [6.07, 6.45) is 4.35. The van der Waals surface area contributed by atoms with Crippen molar-refractivity contribution in [1.82, 2.24) is 9.97 Å². The molecule has 1 aromatic heterocycles. The number of halogens is 1. The maximum atomic E-state index is 6.03. The summed E-state index contributed by atoms with van der Waals surface area (Å²) in [6.45, 7) is 6.10. The van der Waals surface area contributed by atoms with Gasteiger partial charge in [-0.15, -0.1) is 11.6 Å². The largest absolute Gasteiger partial charge is 0.341 e. The zero-order valence-electron chi connectivity index (χ0n) is 9.20. The van der Waals surface area contributed by atoms with Gasteiger partial charge in [-0.2, -0.15) is 0 Å². The number of nitrogens with zero attached hydrogens (tertiary/aromatic N) is 3. The number of aryl methyl sites for hydroxylation is 1. The fourth-order valence-corrected chi connectivity index (χ4v) is 2.14. The Hall–Kier alpha value is -0.830. The lowest BCUT2D eigenvalue weighted by molar-refractivity contribution is 0.870. The molecule has 0 radical (unpaired) electrons. The molecule has 0 amide bonds. The molecule has 1 atom stereocenters. The highest BCUT2D eigenvalue weighted by Gasteiger charge is 2.16. The van der Waals surface area contributed by atoms with E-state index in [1.54, 1.807) is 0 Å². The Bertz CT molecular complexity index is 346. The second-order valence-electron chi connectivity index (χ2n) is 4.02. The molecule has 0 N–H and O–H groups in total. The molecule has 0 bridgehead atoms. The van der Waals surface area contributed by atoms with Gasteiger partial charge in [0, 0.05) is 30.5 Å². The van der Waals surface area contributed by atoms with Gasteiger partial charge in [0.1, 0.15) is 0 Å². The molecule has 15 heavy (non-hydrogen) atoms. The molecule has 82 valence electrons. The minimum atomic E-state index is -0.0161. The molecule has 4 heteroatoms. The summed E-state index contributed by atoms with van der Waals surface area (Å²) in [5.41, 5.74) is 2.02. The Morgan fingerprint density at radius 1 is 1.40 bits per heavy atom. The van der Waals surface area contributed by atoms with Crippen molar-refractivity contribution < 1.29 is 0 Å². The third-order valence-corrected chi connectivity index (χ3v) is 3.06. The molecular weight excluding hydrogens is 210 g/mol. The smallest absolute Gasteiger partial charge is 0.225 e. The van der Waals surface area contributed by atoms with Crippen LogP contribution in [0.1, 0.15) is 36.4 Å². The van der Waals surface area contributed by atoms with Crippen LogP contribution < -0.4 is 4.90 Å². The zero-order valence-corrected chi connectivity index (χ0v) is 9.96. The molecule has 1 unspecified atom stereocenters. The van der Waals surface area contributed by atoms with E-state index in [-0.39, 0.29) is 5.38 Å². The van der Waals surface area contributed by atoms with Gasteiger partial charge in [0.2, 0.25) is 5.95 Å². The first-order valence-corrected chi connectivity index (χ1v) is 5.84. The van der Waals surface area contributed by atoms with Gasteiger partial charge < -0.3 is 4.90 Å². The average molecular weight is 226 g/mol. The first-order chi connectivity index (χ1) is 7.18. The van der Waals surface area contributed by atoms with Crippen molar-refractivity contribution in [1.29, 1.82) is 0 Å². The zero-order chi connectivity index (χ0) is 10.8. The summed E-state index contributed by atoms with van der Waals surface area (Å²) in [5, 5.41) is -0.0161. The number of alkyl halides is 1. The van der Waals surface area contributed by atoms with Crippen LogP contribution in [0.4, 0.5) is 5.95 Å². The van der Waals surface area contributed by atoms with Crippen molar-refractivity contribution in [3.8, 4) is 0 Å². The molecule has 0 aliphatic carbocycles. The molecule has 2 heterocycles. The van der Waals surface area contributed by atoms with Crippen LogP contribution in [0.2, 0.25) is 0 Å².